The summed E-state index contributed by atoms with van der Waals surface area (Å²) in [6, 6.07) is 0. The average molecular weight is 212 g/mol. The highest BCUT2D eigenvalue weighted by Crippen LogP contribution is 1.99. The Labute approximate surface area is 93.3 Å². The van der Waals surface area contributed by atoms with Crippen molar-refractivity contribution in [2.75, 3.05) is 19.6 Å². The van der Waals surface area contributed by atoms with Crippen molar-refractivity contribution in [2.24, 2.45) is 5.73 Å². The van der Waals surface area contributed by atoms with E-state index in [-0.39, 0.29) is 5.91 Å². The van der Waals surface area contributed by atoms with Crippen LogP contribution in [0.3, 0.4) is 0 Å². The standard InChI is InChI=1S/C12H24N2O/c1-3-9-14(10-4-2)11-7-5-6-8-12(13)15/h6,8H,3-5,7,9-11H2,1-2H3,(H2,13,15). The van der Waals surface area contributed by atoms with Crippen molar-refractivity contribution in [3.05, 3.63) is 12.2 Å². The van der Waals surface area contributed by atoms with Crippen molar-refractivity contribution in [3.8, 4) is 0 Å². The minimum Gasteiger partial charge on any atom is -0.366 e. The molecule has 0 bridgehead atoms. The fourth-order valence-electron chi connectivity index (χ4n) is 1.60. The van der Waals surface area contributed by atoms with E-state index in [4.69, 9.17) is 5.73 Å². The molecular weight excluding hydrogens is 188 g/mol. The first kappa shape index (κ1) is 14.2. The SMILES string of the molecule is CCCN(CCC)CCCC=CC(N)=O. The topological polar surface area (TPSA) is 46.3 Å². The Morgan fingerprint density at radius 3 is 2.27 bits per heavy atom. The van der Waals surface area contributed by atoms with E-state index in [1.807, 2.05) is 6.08 Å². The van der Waals surface area contributed by atoms with Gasteiger partial charge in [0.25, 0.3) is 0 Å². The maximum Gasteiger partial charge on any atom is 0.241 e. The van der Waals surface area contributed by atoms with Gasteiger partial charge in [0.2, 0.25) is 5.91 Å². The molecule has 0 radical (unpaired) electrons. The Balaban J connectivity index is 3.56. The molecule has 0 fully saturated rings. The summed E-state index contributed by atoms with van der Waals surface area (Å²) in [7, 11) is 0. The number of allylic oxidation sites excluding steroid dienone is 1. The van der Waals surface area contributed by atoms with Gasteiger partial charge in [-0.2, -0.15) is 0 Å². The molecule has 0 spiro atoms. The summed E-state index contributed by atoms with van der Waals surface area (Å²) in [5.74, 6) is -0.353. The van der Waals surface area contributed by atoms with Crippen LogP contribution in [0.5, 0.6) is 0 Å². The maximum atomic E-state index is 10.4. The zero-order valence-electron chi connectivity index (χ0n) is 10.0. The van der Waals surface area contributed by atoms with Gasteiger partial charge in [0.1, 0.15) is 0 Å². The van der Waals surface area contributed by atoms with Gasteiger partial charge in [-0.1, -0.05) is 19.9 Å². The van der Waals surface area contributed by atoms with Crippen LogP contribution in [0.4, 0.5) is 0 Å². The van der Waals surface area contributed by atoms with E-state index in [1.165, 1.54) is 32.0 Å². The lowest BCUT2D eigenvalue weighted by molar-refractivity contribution is -0.113. The molecule has 0 aliphatic rings. The van der Waals surface area contributed by atoms with Gasteiger partial charge in [-0.3, -0.25) is 4.79 Å². The van der Waals surface area contributed by atoms with E-state index in [1.54, 1.807) is 0 Å². The van der Waals surface area contributed by atoms with Gasteiger partial charge >= 0.3 is 0 Å². The molecule has 1 amide bonds. The maximum absolute atomic E-state index is 10.4. The summed E-state index contributed by atoms with van der Waals surface area (Å²) in [5, 5.41) is 0. The van der Waals surface area contributed by atoms with Gasteiger partial charge < -0.3 is 10.6 Å². The number of primary amides is 1. The first-order valence-electron chi connectivity index (χ1n) is 5.89. The number of hydrogen-bond acceptors (Lipinski definition) is 2. The molecule has 0 aromatic carbocycles. The van der Waals surface area contributed by atoms with Gasteiger partial charge in [0.05, 0.1) is 0 Å². The molecule has 0 saturated heterocycles. The first-order chi connectivity index (χ1) is 7.20. The molecule has 15 heavy (non-hydrogen) atoms. The lowest BCUT2D eigenvalue weighted by Crippen LogP contribution is -2.26. The number of rotatable bonds is 9. The predicted octanol–water partition coefficient (Wildman–Crippen LogP) is 1.93. The second kappa shape index (κ2) is 9.71. The Bertz CT molecular complexity index is 184. The third kappa shape index (κ3) is 9.47. The van der Waals surface area contributed by atoms with E-state index < -0.39 is 0 Å². The molecule has 0 heterocycles. The van der Waals surface area contributed by atoms with E-state index >= 15 is 0 Å². The van der Waals surface area contributed by atoms with Gasteiger partial charge in [-0.05, 0) is 51.4 Å². The number of hydrogen-bond donors (Lipinski definition) is 1. The van der Waals surface area contributed by atoms with Crippen molar-refractivity contribution in [3.63, 3.8) is 0 Å². The fourth-order valence-corrected chi connectivity index (χ4v) is 1.60. The zero-order chi connectivity index (χ0) is 11.5. The third-order valence-electron chi connectivity index (χ3n) is 2.21. The summed E-state index contributed by atoms with van der Waals surface area (Å²) in [6.07, 6.45) is 7.76. The Hall–Kier alpha value is -0.830. The Morgan fingerprint density at radius 1 is 1.20 bits per heavy atom. The van der Waals surface area contributed by atoms with Gasteiger partial charge in [-0.15, -0.1) is 0 Å². The molecule has 0 aromatic heterocycles. The van der Waals surface area contributed by atoms with E-state index in [2.05, 4.69) is 18.7 Å². The molecular formula is C12H24N2O. The molecule has 0 unspecified atom stereocenters. The molecule has 3 nitrogen and oxygen atoms in total. The summed E-state index contributed by atoms with van der Waals surface area (Å²) < 4.78 is 0. The predicted molar refractivity (Wildman–Crippen MR) is 64.6 cm³/mol. The minimum absolute atomic E-state index is 0.353. The number of carbonyl (C=O) groups is 1. The highest BCUT2D eigenvalue weighted by Gasteiger charge is 2.00. The molecule has 88 valence electrons. The van der Waals surface area contributed by atoms with Crippen molar-refractivity contribution >= 4 is 5.91 Å². The molecule has 0 aromatic rings. The smallest absolute Gasteiger partial charge is 0.241 e. The first-order valence-corrected chi connectivity index (χ1v) is 5.89. The normalized spacial score (nSPS) is 11.4. The van der Waals surface area contributed by atoms with Crippen LogP contribution in [-0.2, 0) is 4.79 Å². The summed E-state index contributed by atoms with van der Waals surface area (Å²) in [5.41, 5.74) is 4.99. The monoisotopic (exact) mass is 212 g/mol. The van der Waals surface area contributed by atoms with E-state index in [0.29, 0.717) is 0 Å². The fraction of sp³-hybridized carbons (Fsp3) is 0.750. The van der Waals surface area contributed by atoms with Crippen LogP contribution >= 0.6 is 0 Å². The van der Waals surface area contributed by atoms with Crippen LogP contribution in [0.1, 0.15) is 39.5 Å². The molecule has 0 aliphatic carbocycles. The molecule has 0 atom stereocenters. The molecule has 3 heteroatoms. The van der Waals surface area contributed by atoms with Crippen LogP contribution < -0.4 is 5.73 Å². The van der Waals surface area contributed by atoms with Crippen LogP contribution in [0.2, 0.25) is 0 Å². The van der Waals surface area contributed by atoms with E-state index in [9.17, 15) is 4.79 Å². The molecule has 0 saturated carbocycles. The number of unbranched alkanes of at least 4 members (excludes halogenated alkanes) is 1. The lowest BCUT2D eigenvalue weighted by atomic mass is 10.2. The molecule has 0 aliphatic heterocycles. The summed E-state index contributed by atoms with van der Waals surface area (Å²) in [4.78, 5) is 12.9. The molecule has 0 rings (SSSR count). The summed E-state index contributed by atoms with van der Waals surface area (Å²) in [6.45, 7) is 7.87. The van der Waals surface area contributed by atoms with Crippen LogP contribution in [0, 0.1) is 0 Å². The minimum atomic E-state index is -0.353. The van der Waals surface area contributed by atoms with Crippen molar-refractivity contribution < 1.29 is 4.79 Å². The third-order valence-corrected chi connectivity index (χ3v) is 2.21. The number of nitrogens with zero attached hydrogens (tertiary/aromatic N) is 1. The largest absolute Gasteiger partial charge is 0.366 e. The van der Waals surface area contributed by atoms with Gasteiger partial charge in [-0.25, -0.2) is 0 Å². The van der Waals surface area contributed by atoms with Crippen LogP contribution in [0.25, 0.3) is 0 Å². The van der Waals surface area contributed by atoms with Crippen LogP contribution in [-0.4, -0.2) is 30.4 Å². The second-order valence-corrected chi connectivity index (χ2v) is 3.79. The average Bonchev–Trinajstić information content (AvgIpc) is 2.17. The summed E-state index contributed by atoms with van der Waals surface area (Å²) >= 11 is 0. The lowest BCUT2D eigenvalue weighted by Gasteiger charge is -2.20. The van der Waals surface area contributed by atoms with E-state index in [0.717, 1.165) is 19.4 Å². The van der Waals surface area contributed by atoms with Gasteiger partial charge in [0, 0.05) is 0 Å². The van der Waals surface area contributed by atoms with Gasteiger partial charge in [0.15, 0.2) is 0 Å². The Kier molecular flexibility index (Phi) is 9.18. The highest BCUT2D eigenvalue weighted by atomic mass is 16.1. The second-order valence-electron chi connectivity index (χ2n) is 3.79. The highest BCUT2D eigenvalue weighted by molar-refractivity contribution is 5.85. The number of nitrogens with two attached hydrogens (primary N) is 1. The van der Waals surface area contributed by atoms with Crippen molar-refractivity contribution in [1.82, 2.24) is 4.90 Å². The Morgan fingerprint density at radius 2 is 1.80 bits per heavy atom. The number of amides is 1. The quantitative estimate of drug-likeness (QED) is 0.469. The molecule has 2 N–H and O–H groups in total. The number of carbonyl (C=O) groups excluding carboxylic acids is 1. The van der Waals surface area contributed by atoms with Crippen LogP contribution in [0.15, 0.2) is 12.2 Å². The zero-order valence-corrected chi connectivity index (χ0v) is 10.0. The van der Waals surface area contributed by atoms with Crippen molar-refractivity contribution in [2.45, 2.75) is 39.5 Å². The van der Waals surface area contributed by atoms with Crippen molar-refractivity contribution in [1.29, 1.82) is 0 Å².